The summed E-state index contributed by atoms with van der Waals surface area (Å²) < 4.78 is 30.3. The molecule has 0 unspecified atom stereocenters. The third-order valence-electron chi connectivity index (χ3n) is 3.55. The predicted octanol–water partition coefficient (Wildman–Crippen LogP) is 1.77. The summed E-state index contributed by atoms with van der Waals surface area (Å²) in [6, 6.07) is 2.87. The number of aliphatic imine (C=N–C) groups is 1. The molecular weight excluding hydrogens is 358 g/mol. The SMILES string of the molecule is C=CC(=O)Nc1cc(N/C(N)=N/C)c(OC(F)F)cc1N(C)CCN(C)C. The van der Waals surface area contributed by atoms with E-state index in [1.54, 1.807) is 7.05 Å². The maximum atomic E-state index is 12.9. The molecule has 0 aliphatic rings. The topological polar surface area (TPSA) is 95.2 Å². The Kier molecular flexibility index (Phi) is 8.46. The smallest absolute Gasteiger partial charge is 0.387 e. The van der Waals surface area contributed by atoms with Gasteiger partial charge in [0.05, 0.1) is 17.1 Å². The lowest BCUT2D eigenvalue weighted by Crippen LogP contribution is -2.29. The molecule has 0 heterocycles. The van der Waals surface area contributed by atoms with Crippen molar-refractivity contribution in [1.29, 1.82) is 0 Å². The third kappa shape index (κ3) is 7.10. The number of rotatable bonds is 9. The molecule has 0 saturated carbocycles. The fraction of sp³-hybridized carbons (Fsp3) is 0.412. The first kappa shape index (κ1) is 22.2. The summed E-state index contributed by atoms with van der Waals surface area (Å²) in [7, 11) is 7.06. The number of anilines is 3. The minimum Gasteiger partial charge on any atom is -0.433 e. The van der Waals surface area contributed by atoms with Crippen LogP contribution in [0.25, 0.3) is 0 Å². The Bertz CT molecular complexity index is 694. The van der Waals surface area contributed by atoms with Gasteiger partial charge in [-0.25, -0.2) is 0 Å². The van der Waals surface area contributed by atoms with Crippen LogP contribution in [0.5, 0.6) is 5.75 Å². The van der Waals surface area contributed by atoms with Crippen molar-refractivity contribution in [2.45, 2.75) is 6.61 Å². The minimum atomic E-state index is -3.03. The molecule has 8 nitrogen and oxygen atoms in total. The summed E-state index contributed by atoms with van der Waals surface area (Å²) in [5.41, 5.74) is 6.66. The van der Waals surface area contributed by atoms with Crippen LogP contribution < -0.4 is 26.0 Å². The molecule has 1 rings (SSSR count). The number of carbonyl (C=O) groups excluding carboxylic acids is 1. The number of halogens is 2. The number of alkyl halides is 2. The number of hydrogen-bond donors (Lipinski definition) is 3. The number of hydrogen-bond acceptors (Lipinski definition) is 5. The molecule has 0 bridgehead atoms. The molecule has 0 spiro atoms. The number of ether oxygens (including phenoxy) is 1. The van der Waals surface area contributed by atoms with Crippen LogP contribution in [0.2, 0.25) is 0 Å². The van der Waals surface area contributed by atoms with Crippen LogP contribution in [-0.2, 0) is 4.79 Å². The van der Waals surface area contributed by atoms with Gasteiger partial charge in [0, 0.05) is 33.3 Å². The number of nitrogens with two attached hydrogens (primary N) is 1. The van der Waals surface area contributed by atoms with E-state index in [0.717, 1.165) is 6.08 Å². The Morgan fingerprint density at radius 2 is 1.96 bits per heavy atom. The van der Waals surface area contributed by atoms with Gasteiger partial charge >= 0.3 is 6.61 Å². The molecule has 27 heavy (non-hydrogen) atoms. The number of carbonyl (C=O) groups is 1. The molecule has 0 aliphatic heterocycles. The van der Waals surface area contributed by atoms with Crippen LogP contribution >= 0.6 is 0 Å². The molecule has 0 atom stereocenters. The van der Waals surface area contributed by atoms with Gasteiger partial charge in [0.1, 0.15) is 0 Å². The summed E-state index contributed by atoms with van der Waals surface area (Å²) >= 11 is 0. The maximum absolute atomic E-state index is 12.9. The summed E-state index contributed by atoms with van der Waals surface area (Å²) in [6.07, 6.45) is 1.11. The van der Waals surface area contributed by atoms with E-state index in [4.69, 9.17) is 5.73 Å². The third-order valence-corrected chi connectivity index (χ3v) is 3.55. The molecule has 0 saturated heterocycles. The van der Waals surface area contributed by atoms with Gasteiger partial charge in [0.25, 0.3) is 0 Å². The molecule has 0 radical (unpaired) electrons. The van der Waals surface area contributed by atoms with Crippen LogP contribution in [-0.4, -0.2) is 64.7 Å². The van der Waals surface area contributed by atoms with Crippen LogP contribution in [0.4, 0.5) is 25.8 Å². The van der Waals surface area contributed by atoms with Crippen LogP contribution in [0.3, 0.4) is 0 Å². The molecule has 4 N–H and O–H groups in total. The summed E-state index contributed by atoms with van der Waals surface area (Å²) in [5, 5.41) is 5.34. The summed E-state index contributed by atoms with van der Waals surface area (Å²) in [5.74, 6) is -0.563. The van der Waals surface area contributed by atoms with E-state index in [1.807, 2.05) is 23.9 Å². The molecule has 1 aromatic rings. The Morgan fingerprint density at radius 3 is 2.48 bits per heavy atom. The normalized spacial score (nSPS) is 11.5. The van der Waals surface area contributed by atoms with E-state index in [2.05, 4.69) is 26.9 Å². The van der Waals surface area contributed by atoms with Crippen molar-refractivity contribution in [2.24, 2.45) is 10.7 Å². The van der Waals surface area contributed by atoms with Crippen LogP contribution in [0.15, 0.2) is 29.8 Å². The lowest BCUT2D eigenvalue weighted by Gasteiger charge is -2.26. The molecule has 0 fully saturated rings. The Morgan fingerprint density at radius 1 is 1.30 bits per heavy atom. The highest BCUT2D eigenvalue weighted by atomic mass is 19.3. The van der Waals surface area contributed by atoms with Gasteiger partial charge in [-0.1, -0.05) is 6.58 Å². The first-order valence-corrected chi connectivity index (χ1v) is 8.09. The Labute approximate surface area is 157 Å². The zero-order valence-electron chi connectivity index (χ0n) is 15.9. The van der Waals surface area contributed by atoms with Crippen LogP contribution in [0.1, 0.15) is 0 Å². The van der Waals surface area contributed by atoms with Gasteiger partial charge < -0.3 is 30.9 Å². The van der Waals surface area contributed by atoms with E-state index in [0.29, 0.717) is 24.5 Å². The monoisotopic (exact) mass is 384 g/mol. The van der Waals surface area contributed by atoms with E-state index < -0.39 is 12.5 Å². The highest BCUT2D eigenvalue weighted by Gasteiger charge is 2.18. The van der Waals surface area contributed by atoms with Crippen molar-refractivity contribution in [3.05, 3.63) is 24.8 Å². The average Bonchev–Trinajstić information content (AvgIpc) is 2.60. The minimum absolute atomic E-state index is 0.00354. The van der Waals surface area contributed by atoms with E-state index in [9.17, 15) is 13.6 Å². The van der Waals surface area contributed by atoms with Crippen molar-refractivity contribution in [3.8, 4) is 5.75 Å². The van der Waals surface area contributed by atoms with Crippen molar-refractivity contribution in [1.82, 2.24) is 4.90 Å². The van der Waals surface area contributed by atoms with Crippen molar-refractivity contribution < 1.29 is 18.3 Å². The predicted molar refractivity (Wildman–Crippen MR) is 105 cm³/mol. The van der Waals surface area contributed by atoms with Gasteiger partial charge in [-0.05, 0) is 26.2 Å². The largest absolute Gasteiger partial charge is 0.433 e. The van der Waals surface area contributed by atoms with Gasteiger partial charge in [0.2, 0.25) is 5.91 Å². The molecule has 10 heteroatoms. The van der Waals surface area contributed by atoms with E-state index >= 15 is 0 Å². The summed E-state index contributed by atoms with van der Waals surface area (Å²) in [4.78, 5) is 19.3. The van der Waals surface area contributed by atoms with Gasteiger partial charge in [0.15, 0.2) is 11.7 Å². The standard InChI is InChI=1S/C17H26F2N6O2/c1-6-15(26)22-11-9-12(23-17(20)21-2)14(27-16(18)19)10-13(11)25(5)8-7-24(3)4/h6,9-10,16H,1,7-8H2,2-5H3,(H,22,26)(H3,20,21,23). The van der Waals surface area contributed by atoms with E-state index in [1.165, 1.54) is 19.2 Å². The molecule has 150 valence electrons. The number of likely N-dealkylation sites (N-methyl/N-ethyl adjacent to an activating group) is 2. The lowest BCUT2D eigenvalue weighted by molar-refractivity contribution is -0.111. The second-order valence-electron chi connectivity index (χ2n) is 5.90. The maximum Gasteiger partial charge on any atom is 0.387 e. The number of amides is 1. The van der Waals surface area contributed by atoms with Gasteiger partial charge in [-0.15, -0.1) is 0 Å². The first-order valence-electron chi connectivity index (χ1n) is 8.09. The summed E-state index contributed by atoms with van der Waals surface area (Å²) in [6.45, 7) is 1.69. The number of guanidine groups is 1. The average molecular weight is 384 g/mol. The second-order valence-corrected chi connectivity index (χ2v) is 5.90. The Balaban J connectivity index is 3.41. The zero-order valence-corrected chi connectivity index (χ0v) is 15.9. The molecule has 0 aliphatic carbocycles. The fourth-order valence-electron chi connectivity index (χ4n) is 2.12. The second kappa shape index (κ2) is 10.3. The van der Waals surface area contributed by atoms with Crippen molar-refractivity contribution >= 4 is 28.9 Å². The lowest BCUT2D eigenvalue weighted by atomic mass is 10.2. The Hall–Kier alpha value is -2.88. The fourth-order valence-corrected chi connectivity index (χ4v) is 2.12. The van der Waals surface area contributed by atoms with Crippen LogP contribution in [0, 0.1) is 0 Å². The first-order chi connectivity index (χ1) is 12.7. The molecular formula is C17H26F2N6O2. The highest BCUT2D eigenvalue weighted by molar-refractivity contribution is 6.03. The van der Waals surface area contributed by atoms with Crippen molar-refractivity contribution in [3.63, 3.8) is 0 Å². The van der Waals surface area contributed by atoms with E-state index in [-0.39, 0.29) is 17.4 Å². The molecule has 1 aromatic carbocycles. The number of nitrogens with zero attached hydrogens (tertiary/aromatic N) is 3. The zero-order chi connectivity index (χ0) is 20.6. The number of nitrogens with one attached hydrogen (secondary N) is 2. The molecule has 0 aromatic heterocycles. The number of benzene rings is 1. The molecule has 1 amide bonds. The van der Waals surface area contributed by atoms with Gasteiger partial charge in [-0.3, -0.25) is 9.79 Å². The van der Waals surface area contributed by atoms with Gasteiger partial charge in [-0.2, -0.15) is 8.78 Å². The quantitative estimate of drug-likeness (QED) is 0.341. The highest BCUT2D eigenvalue weighted by Crippen LogP contribution is 2.37. The van der Waals surface area contributed by atoms with Crippen molar-refractivity contribution in [2.75, 3.05) is 56.8 Å².